The van der Waals surface area contributed by atoms with Crippen LogP contribution in [-0.4, -0.2) is 64.1 Å². The molecular weight excluding hydrogens is 800 g/mol. The van der Waals surface area contributed by atoms with Crippen LogP contribution in [0.3, 0.4) is 0 Å². The number of hydrogen-bond acceptors (Lipinski definition) is 0. The molecule has 67 heavy (non-hydrogen) atoms. The van der Waals surface area contributed by atoms with Crippen molar-refractivity contribution in [3.05, 3.63) is 188 Å². The summed E-state index contributed by atoms with van der Waals surface area (Å²) in [6.07, 6.45) is 0. The van der Waals surface area contributed by atoms with Crippen LogP contribution in [0, 0.1) is 0 Å². The Hall–Kier alpha value is -7.49. The summed E-state index contributed by atoms with van der Waals surface area (Å²) in [6, 6.07) is 69.3. The van der Waals surface area contributed by atoms with Crippen LogP contribution in [0.25, 0.3) is 110 Å². The van der Waals surface area contributed by atoms with Gasteiger partial charge in [-0.15, -0.1) is 5.46 Å². The number of fused-ring (bicyclic) bond motifs is 7. The average Bonchev–Trinajstić information content (AvgIpc) is 3.92. The Morgan fingerprint density at radius 3 is 1.49 bits per heavy atom. The molecule has 0 unspecified atom stereocenters. The molecule has 0 spiro atoms. The smallest absolute Gasteiger partial charge is 0.141 e. The maximum absolute atomic E-state index is 2.58. The van der Waals surface area contributed by atoms with Crippen molar-refractivity contribution in [2.45, 2.75) is 0 Å². The predicted molar refractivity (Wildman–Crippen MR) is 312 cm³/mol. The Morgan fingerprint density at radius 1 is 0.284 bits per heavy atom. The van der Waals surface area contributed by atoms with Gasteiger partial charge in [0.1, 0.15) is 54.9 Å². The van der Waals surface area contributed by atoms with Crippen molar-refractivity contribution in [1.29, 1.82) is 0 Å². The minimum absolute atomic E-state index is 1.15. The van der Waals surface area contributed by atoms with E-state index < -0.39 is 0 Å². The van der Waals surface area contributed by atoms with E-state index in [2.05, 4.69) is 252 Å². The van der Waals surface area contributed by atoms with Gasteiger partial charge in [-0.1, -0.05) is 172 Å². The van der Waals surface area contributed by atoms with Gasteiger partial charge in [0, 0.05) is 38.6 Å². The fourth-order valence-electron chi connectivity index (χ4n) is 11.4. The van der Waals surface area contributed by atoms with Crippen molar-refractivity contribution in [3.8, 4) is 55.9 Å². The highest BCUT2D eigenvalue weighted by atomic mass is 15.0. The number of aromatic nitrogens is 2. The molecule has 0 aliphatic heterocycles. The van der Waals surface area contributed by atoms with Crippen LogP contribution in [0.4, 0.5) is 0 Å². The molecule has 2 nitrogen and oxygen atoms in total. The lowest BCUT2D eigenvalue weighted by Gasteiger charge is -2.19. The summed E-state index contributed by atoms with van der Waals surface area (Å²) >= 11 is 0. The Labute approximate surface area is 398 Å². The minimum Gasteiger partial charge on any atom is -0.310 e. The molecule has 0 bridgehead atoms. The second kappa shape index (κ2) is 15.8. The molecule has 0 amide bonds. The van der Waals surface area contributed by atoms with E-state index in [0.717, 1.165) is 5.69 Å². The first kappa shape index (κ1) is 41.0. The SMILES string of the molecule is Bc1c(B)c(B)c2c(c1B)c1c(B)c(-c3ccc4c(c3)c3c(-c5ccc6ccccc6c5)cccc3n4-c3cccc(-c4ccccc4)c3)c(B)c(B)c1n2-c1cccc(-c2ccccc2)c1. The summed E-state index contributed by atoms with van der Waals surface area (Å²) in [7, 11) is 16.3. The normalized spacial score (nSPS) is 11.7. The van der Waals surface area contributed by atoms with Gasteiger partial charge >= 0.3 is 0 Å². The Balaban J connectivity index is 1.15. The third-order valence-corrected chi connectivity index (χ3v) is 15.2. The van der Waals surface area contributed by atoms with E-state index in [1.165, 1.54) is 143 Å². The van der Waals surface area contributed by atoms with Gasteiger partial charge in [0.2, 0.25) is 0 Å². The summed E-state index contributed by atoms with van der Waals surface area (Å²) < 4.78 is 5.06. The molecule has 0 saturated carbocycles. The fraction of sp³-hybridized carbons (Fsp3) is 0. The zero-order chi connectivity index (χ0) is 45.7. The molecule has 0 saturated heterocycles. The van der Waals surface area contributed by atoms with Gasteiger partial charge in [0.25, 0.3) is 0 Å². The monoisotopic (exact) mass is 846 g/mol. The van der Waals surface area contributed by atoms with Gasteiger partial charge in [-0.2, -0.15) is 0 Å². The molecule has 0 aliphatic carbocycles. The van der Waals surface area contributed by atoms with Crippen molar-refractivity contribution in [3.63, 3.8) is 0 Å². The van der Waals surface area contributed by atoms with Gasteiger partial charge in [-0.3, -0.25) is 0 Å². The van der Waals surface area contributed by atoms with Crippen molar-refractivity contribution >= 4 is 148 Å². The van der Waals surface area contributed by atoms with Gasteiger partial charge in [-0.25, -0.2) is 0 Å². The van der Waals surface area contributed by atoms with Crippen molar-refractivity contribution < 1.29 is 0 Å². The second-order valence-electron chi connectivity index (χ2n) is 18.7. The minimum atomic E-state index is 1.15. The number of nitrogens with zero attached hydrogens (tertiary/aromatic N) is 2. The molecule has 0 atom stereocenters. The maximum atomic E-state index is 2.58. The van der Waals surface area contributed by atoms with Crippen LogP contribution in [-0.2, 0) is 0 Å². The Kier molecular flexibility index (Phi) is 9.69. The summed E-state index contributed by atoms with van der Waals surface area (Å²) in [4.78, 5) is 0. The average molecular weight is 846 g/mol. The van der Waals surface area contributed by atoms with Gasteiger partial charge < -0.3 is 9.13 Å². The van der Waals surface area contributed by atoms with Crippen molar-refractivity contribution in [2.75, 3.05) is 0 Å². The largest absolute Gasteiger partial charge is 0.310 e. The fourth-order valence-corrected chi connectivity index (χ4v) is 11.4. The lowest BCUT2D eigenvalue weighted by atomic mass is 9.64. The Morgan fingerprint density at radius 2 is 0.821 bits per heavy atom. The van der Waals surface area contributed by atoms with E-state index in [1.807, 2.05) is 0 Å². The first-order valence-electron chi connectivity index (χ1n) is 23.6. The number of rotatable bonds is 6. The van der Waals surface area contributed by atoms with Gasteiger partial charge in [0.05, 0.1) is 11.0 Å². The first-order chi connectivity index (χ1) is 32.7. The number of hydrogen-bond donors (Lipinski definition) is 0. The number of benzene rings is 10. The zero-order valence-corrected chi connectivity index (χ0v) is 39.3. The molecule has 12 aromatic rings. The first-order valence-corrected chi connectivity index (χ1v) is 23.6. The highest BCUT2D eigenvalue weighted by molar-refractivity contribution is 6.69. The Bertz CT molecular complexity index is 4000. The van der Waals surface area contributed by atoms with Crippen LogP contribution < -0.4 is 38.2 Å². The quantitative estimate of drug-likeness (QED) is 0.227. The standard InChI is InChI=1S/C58H45B7N2/c59-50-46(51(60)55(64)57-48(50)49-52(61)53(62)54(63)56(65)58(49)67(57)41-21-10-19-37(30-41)33-14-5-2-6-15-33)39-26-27-44-43(31-39)47-42(38-25-24-34-16-7-8-17-35(34)28-38)22-11-23-45(47)66(44)40-20-9-18-36(29-40)32-12-3-1-4-13-32/h1-31H,59-65H2. The molecule has 0 radical (unpaired) electrons. The van der Waals surface area contributed by atoms with Crippen molar-refractivity contribution in [2.24, 2.45) is 0 Å². The molecule has 2 heterocycles. The highest BCUT2D eigenvalue weighted by Crippen LogP contribution is 2.41. The van der Waals surface area contributed by atoms with Crippen LogP contribution >= 0.6 is 0 Å². The summed E-state index contributed by atoms with van der Waals surface area (Å²) in [5.74, 6) is 0. The second-order valence-corrected chi connectivity index (χ2v) is 18.7. The van der Waals surface area contributed by atoms with E-state index in [1.54, 1.807) is 0 Å². The molecule has 0 fully saturated rings. The molecule has 0 aliphatic rings. The maximum Gasteiger partial charge on any atom is 0.141 e. The highest BCUT2D eigenvalue weighted by Gasteiger charge is 2.26. The molecular formula is C58H45B7N2. The van der Waals surface area contributed by atoms with Gasteiger partial charge in [-0.05, 0) is 109 Å². The third-order valence-electron chi connectivity index (χ3n) is 15.2. The summed E-state index contributed by atoms with van der Waals surface area (Å²) in [5.41, 5.74) is 26.5. The van der Waals surface area contributed by atoms with Gasteiger partial charge in [0.15, 0.2) is 0 Å². The van der Waals surface area contributed by atoms with Crippen LogP contribution in [0.2, 0.25) is 0 Å². The topological polar surface area (TPSA) is 9.86 Å². The lowest BCUT2D eigenvalue weighted by Crippen LogP contribution is -2.48. The lowest BCUT2D eigenvalue weighted by molar-refractivity contribution is 1.18. The molecule has 12 rings (SSSR count). The van der Waals surface area contributed by atoms with E-state index in [4.69, 9.17) is 0 Å². The van der Waals surface area contributed by atoms with E-state index in [-0.39, 0.29) is 0 Å². The van der Waals surface area contributed by atoms with Crippen molar-refractivity contribution in [1.82, 2.24) is 9.13 Å². The third kappa shape index (κ3) is 6.35. The molecule has 9 heteroatoms. The van der Waals surface area contributed by atoms with E-state index in [0.29, 0.717) is 0 Å². The molecule has 308 valence electrons. The summed E-state index contributed by atoms with van der Waals surface area (Å²) in [5, 5.41) is 7.71. The molecule has 10 aromatic carbocycles. The predicted octanol–water partition coefficient (Wildman–Crippen LogP) is 3.51. The van der Waals surface area contributed by atoms with E-state index >= 15 is 0 Å². The van der Waals surface area contributed by atoms with Crippen LogP contribution in [0.15, 0.2) is 188 Å². The molecule has 2 aromatic heterocycles. The van der Waals surface area contributed by atoms with Crippen LogP contribution in [0.5, 0.6) is 0 Å². The van der Waals surface area contributed by atoms with E-state index in [9.17, 15) is 0 Å². The summed E-state index contributed by atoms with van der Waals surface area (Å²) in [6.45, 7) is 0. The zero-order valence-electron chi connectivity index (χ0n) is 39.3. The molecule has 0 N–H and O–H groups in total. The van der Waals surface area contributed by atoms with Crippen LogP contribution in [0.1, 0.15) is 0 Å².